The van der Waals surface area contributed by atoms with E-state index in [1.165, 1.54) is 6.42 Å². The fraction of sp³-hybridized carbons (Fsp3) is 1.00. The lowest BCUT2D eigenvalue weighted by molar-refractivity contribution is 0.346. The monoisotopic (exact) mass is 386 g/mol. The van der Waals surface area contributed by atoms with E-state index in [1.807, 2.05) is 0 Å². The first-order valence-electron chi connectivity index (χ1n) is 9.23. The van der Waals surface area contributed by atoms with E-state index in [9.17, 15) is 18.9 Å². The van der Waals surface area contributed by atoms with Crippen molar-refractivity contribution < 1.29 is 28.7 Å². The van der Waals surface area contributed by atoms with Crippen LogP contribution < -0.4 is 0 Å². The predicted molar refractivity (Wildman–Crippen MR) is 98.4 cm³/mol. The lowest BCUT2D eigenvalue weighted by Crippen LogP contribution is -2.07. The van der Waals surface area contributed by atoms with Crippen molar-refractivity contribution in [3.05, 3.63) is 0 Å². The molecule has 0 saturated heterocycles. The van der Waals surface area contributed by atoms with Crippen LogP contribution in [0.15, 0.2) is 0 Å². The number of hydrogen-bond donors (Lipinski definition) is 4. The molecule has 1 unspecified atom stereocenters. The highest BCUT2D eigenvalue weighted by molar-refractivity contribution is 7.52. The lowest BCUT2D eigenvalue weighted by atomic mass is 9.96. The van der Waals surface area contributed by atoms with E-state index in [2.05, 4.69) is 6.92 Å². The van der Waals surface area contributed by atoms with Crippen molar-refractivity contribution in [1.29, 1.82) is 0 Å². The molecule has 6 nitrogen and oxygen atoms in total. The highest BCUT2D eigenvalue weighted by Crippen LogP contribution is 2.40. The van der Waals surface area contributed by atoms with E-state index >= 15 is 0 Å². The molecule has 0 fully saturated rings. The zero-order valence-corrected chi connectivity index (χ0v) is 16.8. The summed E-state index contributed by atoms with van der Waals surface area (Å²) >= 11 is 0. The van der Waals surface area contributed by atoms with Gasteiger partial charge in [-0.15, -0.1) is 0 Å². The summed E-state index contributed by atoms with van der Waals surface area (Å²) in [6.45, 7) is 2.15. The summed E-state index contributed by atoms with van der Waals surface area (Å²) < 4.78 is 22.0. The van der Waals surface area contributed by atoms with Crippen molar-refractivity contribution >= 4 is 15.2 Å². The second-order valence-corrected chi connectivity index (χ2v) is 10.3. The van der Waals surface area contributed by atoms with E-state index in [1.54, 1.807) is 0 Å². The maximum absolute atomic E-state index is 11.2. The molecule has 0 aromatic rings. The maximum atomic E-state index is 11.2. The summed E-state index contributed by atoms with van der Waals surface area (Å²) in [6, 6.07) is 0. The van der Waals surface area contributed by atoms with Crippen LogP contribution in [-0.2, 0) is 9.13 Å². The van der Waals surface area contributed by atoms with Gasteiger partial charge in [-0.2, -0.15) is 0 Å². The third-order valence-corrected chi connectivity index (χ3v) is 6.16. The summed E-state index contributed by atoms with van der Waals surface area (Å²) in [4.78, 5) is 35.9. The minimum Gasteiger partial charge on any atom is -0.324 e. The minimum atomic E-state index is -3.94. The molecule has 0 amide bonds. The molecule has 0 radical (unpaired) electrons. The third-order valence-electron chi connectivity index (χ3n) is 4.27. The molecule has 0 aliphatic rings. The van der Waals surface area contributed by atoms with Gasteiger partial charge < -0.3 is 19.6 Å². The molecular weight excluding hydrogens is 350 g/mol. The van der Waals surface area contributed by atoms with Crippen LogP contribution in [0.2, 0.25) is 0 Å². The highest BCUT2D eigenvalue weighted by Gasteiger charge is 2.20. The summed E-state index contributed by atoms with van der Waals surface area (Å²) in [7, 11) is -7.79. The Morgan fingerprint density at radius 3 is 1.58 bits per heavy atom. The quantitative estimate of drug-likeness (QED) is 0.227. The zero-order valence-electron chi connectivity index (χ0n) is 15.0. The molecule has 0 heterocycles. The van der Waals surface area contributed by atoms with Crippen molar-refractivity contribution in [2.75, 3.05) is 12.3 Å². The Morgan fingerprint density at radius 1 is 0.667 bits per heavy atom. The summed E-state index contributed by atoms with van der Waals surface area (Å²) in [5, 5.41) is 0. The van der Waals surface area contributed by atoms with Gasteiger partial charge in [0.25, 0.3) is 0 Å². The Balaban J connectivity index is 3.80. The molecule has 0 saturated carbocycles. The molecule has 0 spiro atoms. The molecule has 1 atom stereocenters. The fourth-order valence-electron chi connectivity index (χ4n) is 2.98. The van der Waals surface area contributed by atoms with Crippen molar-refractivity contribution in [2.24, 2.45) is 5.92 Å². The topological polar surface area (TPSA) is 115 Å². The zero-order chi connectivity index (χ0) is 18.5. The van der Waals surface area contributed by atoms with Gasteiger partial charge in [0.05, 0.1) is 6.16 Å². The van der Waals surface area contributed by atoms with E-state index in [-0.39, 0.29) is 18.2 Å². The Hall–Kier alpha value is 0.300. The smallest absolute Gasteiger partial charge is 0.324 e. The number of unbranched alkanes of at least 4 members (excludes halogenated alkanes) is 8. The van der Waals surface area contributed by atoms with Crippen LogP contribution in [0.5, 0.6) is 0 Å². The molecule has 4 N–H and O–H groups in total. The van der Waals surface area contributed by atoms with Crippen LogP contribution in [0.1, 0.15) is 84.0 Å². The van der Waals surface area contributed by atoms with E-state index < -0.39 is 15.2 Å². The molecule has 0 aromatic carbocycles. The summed E-state index contributed by atoms with van der Waals surface area (Å²) in [6.07, 6.45) is 11.6. The molecule has 8 heteroatoms. The molecule has 0 aromatic heterocycles. The van der Waals surface area contributed by atoms with Gasteiger partial charge in [-0.05, 0) is 25.2 Å². The Bertz CT molecular complexity index is 390. The molecule has 0 bridgehead atoms. The number of hydrogen-bond acceptors (Lipinski definition) is 2. The van der Waals surface area contributed by atoms with Crippen molar-refractivity contribution in [1.82, 2.24) is 0 Å². The van der Waals surface area contributed by atoms with Crippen molar-refractivity contribution in [3.8, 4) is 0 Å². The first-order chi connectivity index (χ1) is 11.1. The molecule has 146 valence electrons. The largest absolute Gasteiger partial charge is 0.325 e. The molecule has 0 rings (SSSR count). The summed E-state index contributed by atoms with van der Waals surface area (Å²) in [5.41, 5.74) is 0. The van der Waals surface area contributed by atoms with Crippen molar-refractivity contribution in [3.63, 3.8) is 0 Å². The van der Waals surface area contributed by atoms with Crippen LogP contribution in [0.3, 0.4) is 0 Å². The third kappa shape index (κ3) is 18.6. The lowest BCUT2D eigenvalue weighted by Gasteiger charge is -2.17. The Kier molecular flexibility index (Phi) is 13.7. The predicted octanol–water partition coefficient (Wildman–Crippen LogP) is 4.66. The second-order valence-electron chi connectivity index (χ2n) is 6.86. The average Bonchev–Trinajstić information content (AvgIpc) is 2.43. The molecule has 0 aliphatic heterocycles. The van der Waals surface area contributed by atoms with Gasteiger partial charge in [-0.25, -0.2) is 0 Å². The molecule has 24 heavy (non-hydrogen) atoms. The van der Waals surface area contributed by atoms with Gasteiger partial charge in [0, 0.05) is 6.16 Å². The Morgan fingerprint density at radius 2 is 1.12 bits per heavy atom. The second kappa shape index (κ2) is 13.5. The van der Waals surface area contributed by atoms with Gasteiger partial charge in [0.1, 0.15) is 0 Å². The maximum Gasteiger partial charge on any atom is 0.325 e. The molecule has 0 aliphatic carbocycles. The van der Waals surface area contributed by atoms with E-state index in [0.717, 1.165) is 64.2 Å². The van der Waals surface area contributed by atoms with Gasteiger partial charge >= 0.3 is 15.2 Å². The van der Waals surface area contributed by atoms with Gasteiger partial charge in [-0.3, -0.25) is 9.13 Å². The van der Waals surface area contributed by atoms with Crippen LogP contribution in [-0.4, -0.2) is 31.9 Å². The first kappa shape index (κ1) is 24.3. The van der Waals surface area contributed by atoms with Gasteiger partial charge in [0.15, 0.2) is 0 Å². The summed E-state index contributed by atoms with van der Waals surface area (Å²) in [5.74, 6) is 0.109. The first-order valence-corrected chi connectivity index (χ1v) is 12.8. The molecular formula is C16H36O6P2. The minimum absolute atomic E-state index is 0.00140. The van der Waals surface area contributed by atoms with E-state index in [0.29, 0.717) is 6.42 Å². The highest BCUT2D eigenvalue weighted by atomic mass is 31.2. The van der Waals surface area contributed by atoms with Crippen molar-refractivity contribution in [2.45, 2.75) is 84.0 Å². The van der Waals surface area contributed by atoms with Gasteiger partial charge in [0.2, 0.25) is 0 Å². The van der Waals surface area contributed by atoms with Crippen LogP contribution in [0.25, 0.3) is 0 Å². The Labute approximate surface area is 146 Å². The van der Waals surface area contributed by atoms with Crippen LogP contribution in [0.4, 0.5) is 0 Å². The SMILES string of the molecule is CCCCCCC(CCCCCCCCP(=O)(O)O)CP(=O)(O)O. The number of rotatable bonds is 16. The average molecular weight is 386 g/mol. The van der Waals surface area contributed by atoms with Crippen LogP contribution in [0, 0.1) is 5.92 Å². The van der Waals surface area contributed by atoms with E-state index in [4.69, 9.17) is 9.79 Å². The standard InChI is InChI=1S/C16H36O6P2/c1-2-3-4-9-12-16(15-24(20,21)22)13-10-7-5-6-8-11-14-23(17,18)19/h16H,2-15H2,1H3,(H2,17,18,19)(H2,20,21,22). The van der Waals surface area contributed by atoms with Gasteiger partial charge in [-0.1, -0.05) is 64.7 Å². The normalized spacial score (nSPS) is 14.0. The van der Waals surface area contributed by atoms with Crippen LogP contribution >= 0.6 is 15.2 Å². The fourth-order valence-corrected chi connectivity index (χ4v) is 4.65.